The maximum atomic E-state index is 11.6. The minimum absolute atomic E-state index is 0.00179. The van der Waals surface area contributed by atoms with Gasteiger partial charge in [0.1, 0.15) is 0 Å². The number of amides is 1. The summed E-state index contributed by atoms with van der Waals surface area (Å²) < 4.78 is 0.941. The molecule has 0 radical (unpaired) electrons. The van der Waals surface area contributed by atoms with Crippen molar-refractivity contribution in [2.75, 3.05) is 20.2 Å². The fourth-order valence-corrected chi connectivity index (χ4v) is 1.64. The first-order valence-corrected chi connectivity index (χ1v) is 5.52. The summed E-state index contributed by atoms with van der Waals surface area (Å²) in [7, 11) is 1.69. The van der Waals surface area contributed by atoms with Gasteiger partial charge in [0.05, 0.1) is 13.0 Å². The molecule has 15 heavy (non-hydrogen) atoms. The molecule has 0 aliphatic heterocycles. The van der Waals surface area contributed by atoms with Gasteiger partial charge in [-0.25, -0.2) is 0 Å². The van der Waals surface area contributed by atoms with E-state index in [-0.39, 0.29) is 12.5 Å². The predicted octanol–water partition coefficient (Wildman–Crippen LogP) is 1.44. The minimum atomic E-state index is -0.00179. The summed E-state index contributed by atoms with van der Waals surface area (Å²) in [6.45, 7) is 0.376. The predicted molar refractivity (Wildman–Crippen MR) is 62.6 cm³/mol. The van der Waals surface area contributed by atoms with Gasteiger partial charge in [0.2, 0.25) is 5.91 Å². The number of nitrogens with zero attached hydrogens (tertiary/aromatic N) is 1. The van der Waals surface area contributed by atoms with Crippen molar-refractivity contribution in [3.63, 3.8) is 0 Å². The number of aliphatic hydroxyl groups excluding tert-OH is 1. The second kappa shape index (κ2) is 5.88. The number of hydrogen-bond acceptors (Lipinski definition) is 2. The SMILES string of the molecule is CN(CCO)C(=O)Cc1ccccc1Br. The summed E-state index contributed by atoms with van der Waals surface area (Å²) in [6.07, 6.45) is 0.359. The molecule has 0 aliphatic rings. The van der Waals surface area contributed by atoms with Crippen LogP contribution in [0.1, 0.15) is 5.56 Å². The van der Waals surface area contributed by atoms with Gasteiger partial charge in [0.15, 0.2) is 0 Å². The summed E-state index contributed by atoms with van der Waals surface area (Å²) >= 11 is 3.39. The van der Waals surface area contributed by atoms with E-state index in [0.29, 0.717) is 13.0 Å². The first-order chi connectivity index (χ1) is 7.15. The van der Waals surface area contributed by atoms with Gasteiger partial charge in [-0.05, 0) is 11.6 Å². The van der Waals surface area contributed by atoms with Crippen molar-refractivity contribution < 1.29 is 9.90 Å². The van der Waals surface area contributed by atoms with Gasteiger partial charge < -0.3 is 10.0 Å². The average Bonchev–Trinajstić information content (AvgIpc) is 2.21. The number of carbonyl (C=O) groups excluding carboxylic acids is 1. The Morgan fingerprint density at radius 2 is 2.13 bits per heavy atom. The van der Waals surface area contributed by atoms with Crippen molar-refractivity contribution in [3.05, 3.63) is 34.3 Å². The fourth-order valence-electron chi connectivity index (χ4n) is 1.21. The molecule has 0 heterocycles. The molecule has 0 bridgehead atoms. The van der Waals surface area contributed by atoms with E-state index < -0.39 is 0 Å². The minimum Gasteiger partial charge on any atom is -0.395 e. The van der Waals surface area contributed by atoms with Gasteiger partial charge in [-0.1, -0.05) is 34.1 Å². The standard InChI is InChI=1S/C11H14BrNO2/c1-13(6-7-14)11(15)8-9-4-2-3-5-10(9)12/h2-5,14H,6-8H2,1H3. The second-order valence-corrected chi connectivity index (χ2v) is 4.16. The van der Waals surface area contributed by atoms with E-state index in [2.05, 4.69) is 15.9 Å². The van der Waals surface area contributed by atoms with Crippen LogP contribution in [0.4, 0.5) is 0 Å². The summed E-state index contributed by atoms with van der Waals surface area (Å²) in [5.41, 5.74) is 0.965. The van der Waals surface area contributed by atoms with Gasteiger partial charge in [-0.2, -0.15) is 0 Å². The number of likely N-dealkylation sites (N-methyl/N-ethyl adjacent to an activating group) is 1. The number of hydrogen-bond donors (Lipinski definition) is 1. The number of benzene rings is 1. The lowest BCUT2D eigenvalue weighted by molar-refractivity contribution is -0.129. The maximum absolute atomic E-state index is 11.6. The molecule has 0 atom stereocenters. The highest BCUT2D eigenvalue weighted by atomic mass is 79.9. The van der Waals surface area contributed by atoms with E-state index in [0.717, 1.165) is 10.0 Å². The Kier molecular flexibility index (Phi) is 4.78. The molecule has 0 aliphatic carbocycles. The fraction of sp³-hybridized carbons (Fsp3) is 0.364. The summed E-state index contributed by atoms with van der Waals surface area (Å²) in [5.74, 6) is 0.0101. The zero-order valence-electron chi connectivity index (χ0n) is 8.61. The highest BCUT2D eigenvalue weighted by molar-refractivity contribution is 9.10. The van der Waals surface area contributed by atoms with Crippen molar-refractivity contribution in [1.82, 2.24) is 4.90 Å². The largest absolute Gasteiger partial charge is 0.395 e. The Labute approximate surface area is 97.8 Å². The monoisotopic (exact) mass is 271 g/mol. The van der Waals surface area contributed by atoms with Gasteiger partial charge in [0, 0.05) is 18.1 Å². The van der Waals surface area contributed by atoms with E-state index in [1.807, 2.05) is 24.3 Å². The molecule has 1 rings (SSSR count). The summed E-state index contributed by atoms with van der Waals surface area (Å²) in [5, 5.41) is 8.70. The molecule has 0 spiro atoms. The molecule has 4 heteroatoms. The molecule has 1 amide bonds. The number of aliphatic hydroxyl groups is 1. The van der Waals surface area contributed by atoms with Crippen LogP contribution in [0.25, 0.3) is 0 Å². The smallest absolute Gasteiger partial charge is 0.226 e. The maximum Gasteiger partial charge on any atom is 0.226 e. The highest BCUT2D eigenvalue weighted by Gasteiger charge is 2.10. The lowest BCUT2D eigenvalue weighted by Gasteiger charge is -2.15. The Morgan fingerprint density at radius 1 is 1.47 bits per heavy atom. The zero-order chi connectivity index (χ0) is 11.3. The Bertz CT molecular complexity index is 341. The molecule has 1 aromatic rings. The first kappa shape index (κ1) is 12.2. The van der Waals surface area contributed by atoms with E-state index in [1.54, 1.807) is 7.05 Å². The molecule has 82 valence electrons. The third-order valence-corrected chi connectivity index (χ3v) is 2.93. The molecule has 0 fully saturated rings. The molecule has 3 nitrogen and oxygen atoms in total. The van der Waals surface area contributed by atoms with Crippen LogP contribution >= 0.6 is 15.9 Å². The third-order valence-electron chi connectivity index (χ3n) is 2.16. The summed E-state index contributed by atoms with van der Waals surface area (Å²) in [4.78, 5) is 13.2. The van der Waals surface area contributed by atoms with Crippen LogP contribution in [0.5, 0.6) is 0 Å². The zero-order valence-corrected chi connectivity index (χ0v) is 10.2. The molecular weight excluding hydrogens is 258 g/mol. The van der Waals surface area contributed by atoms with Gasteiger partial charge in [-0.15, -0.1) is 0 Å². The van der Waals surface area contributed by atoms with Crippen molar-refractivity contribution in [1.29, 1.82) is 0 Å². The normalized spacial score (nSPS) is 10.1. The number of carbonyl (C=O) groups is 1. The van der Waals surface area contributed by atoms with E-state index in [1.165, 1.54) is 4.90 Å². The third kappa shape index (κ3) is 3.64. The molecule has 0 saturated heterocycles. The molecule has 0 saturated carbocycles. The quantitative estimate of drug-likeness (QED) is 0.901. The van der Waals surface area contributed by atoms with Gasteiger partial charge >= 0.3 is 0 Å². The van der Waals surface area contributed by atoms with Crippen LogP contribution in [-0.4, -0.2) is 36.1 Å². The molecular formula is C11H14BrNO2. The van der Waals surface area contributed by atoms with E-state index in [4.69, 9.17) is 5.11 Å². The van der Waals surface area contributed by atoms with Crippen molar-refractivity contribution in [2.45, 2.75) is 6.42 Å². The van der Waals surface area contributed by atoms with Crippen LogP contribution in [0.2, 0.25) is 0 Å². The van der Waals surface area contributed by atoms with Crippen molar-refractivity contribution in [3.8, 4) is 0 Å². The number of rotatable bonds is 4. The van der Waals surface area contributed by atoms with E-state index in [9.17, 15) is 4.79 Å². The number of halogens is 1. The Morgan fingerprint density at radius 3 is 2.73 bits per heavy atom. The molecule has 0 unspecified atom stereocenters. The van der Waals surface area contributed by atoms with Crippen molar-refractivity contribution in [2.24, 2.45) is 0 Å². The second-order valence-electron chi connectivity index (χ2n) is 3.31. The lowest BCUT2D eigenvalue weighted by Crippen LogP contribution is -2.30. The van der Waals surface area contributed by atoms with Crippen LogP contribution in [-0.2, 0) is 11.2 Å². The van der Waals surface area contributed by atoms with Crippen LogP contribution < -0.4 is 0 Å². The molecule has 1 N–H and O–H groups in total. The van der Waals surface area contributed by atoms with Gasteiger partial charge in [-0.3, -0.25) is 4.79 Å². The Balaban J connectivity index is 2.62. The van der Waals surface area contributed by atoms with Crippen molar-refractivity contribution >= 4 is 21.8 Å². The van der Waals surface area contributed by atoms with Gasteiger partial charge in [0.25, 0.3) is 0 Å². The highest BCUT2D eigenvalue weighted by Crippen LogP contribution is 2.16. The van der Waals surface area contributed by atoms with Crippen LogP contribution in [0.15, 0.2) is 28.7 Å². The lowest BCUT2D eigenvalue weighted by atomic mass is 10.1. The van der Waals surface area contributed by atoms with Crippen LogP contribution in [0, 0.1) is 0 Å². The topological polar surface area (TPSA) is 40.5 Å². The average molecular weight is 272 g/mol. The summed E-state index contributed by atoms with van der Waals surface area (Å²) in [6, 6.07) is 7.64. The first-order valence-electron chi connectivity index (χ1n) is 4.73. The Hall–Kier alpha value is -0.870. The molecule has 0 aromatic heterocycles. The van der Waals surface area contributed by atoms with E-state index >= 15 is 0 Å². The molecule has 1 aromatic carbocycles. The van der Waals surface area contributed by atoms with Crippen LogP contribution in [0.3, 0.4) is 0 Å².